The van der Waals surface area contributed by atoms with Gasteiger partial charge in [-0.3, -0.25) is 4.98 Å². The Bertz CT molecular complexity index is 498. The van der Waals surface area contributed by atoms with Crippen LogP contribution < -0.4 is 11.1 Å². The first kappa shape index (κ1) is 12.8. The molecule has 0 bridgehead atoms. The molecule has 0 radical (unpaired) electrons. The average molecular weight is 244 g/mol. The second-order valence-corrected chi connectivity index (χ2v) is 4.46. The van der Waals surface area contributed by atoms with E-state index in [1.165, 1.54) is 12.8 Å². The number of nitrogens with one attached hydrogen (secondary N) is 1. The largest absolute Gasteiger partial charge is 0.365 e. The van der Waals surface area contributed by atoms with Crippen molar-refractivity contribution in [3.63, 3.8) is 0 Å². The van der Waals surface area contributed by atoms with E-state index in [-0.39, 0.29) is 6.04 Å². The van der Waals surface area contributed by atoms with Crippen LogP contribution >= 0.6 is 0 Å². The fourth-order valence-electron chi connectivity index (χ4n) is 1.94. The van der Waals surface area contributed by atoms with E-state index in [2.05, 4.69) is 22.2 Å². The molecule has 0 aliphatic heterocycles. The van der Waals surface area contributed by atoms with Crippen molar-refractivity contribution < 1.29 is 0 Å². The summed E-state index contributed by atoms with van der Waals surface area (Å²) in [7, 11) is 0. The number of aromatic nitrogens is 2. The molecular weight excluding hydrogens is 224 g/mol. The summed E-state index contributed by atoms with van der Waals surface area (Å²) in [5, 5.41) is 3.36. The molecule has 4 heteroatoms. The normalized spacial score (nSPS) is 12.6. The van der Waals surface area contributed by atoms with Gasteiger partial charge in [0, 0.05) is 12.6 Å². The van der Waals surface area contributed by atoms with Crippen LogP contribution in [0.25, 0.3) is 11.0 Å². The summed E-state index contributed by atoms with van der Waals surface area (Å²) in [4.78, 5) is 8.92. The van der Waals surface area contributed by atoms with Gasteiger partial charge >= 0.3 is 0 Å². The molecule has 2 rings (SSSR count). The lowest BCUT2D eigenvalue weighted by Crippen LogP contribution is -2.29. The van der Waals surface area contributed by atoms with Gasteiger partial charge in [-0.05, 0) is 18.6 Å². The van der Waals surface area contributed by atoms with E-state index < -0.39 is 0 Å². The standard InChI is InChI=1S/C14H20N4/c1-2-3-6-11(9-15)17-14-10-16-12-7-4-5-8-13(12)18-14/h4-5,7-8,10-11H,2-3,6,9,15H2,1H3,(H,17,18). The zero-order valence-corrected chi connectivity index (χ0v) is 10.8. The highest BCUT2D eigenvalue weighted by molar-refractivity contribution is 5.75. The van der Waals surface area contributed by atoms with Crippen LogP contribution in [-0.2, 0) is 0 Å². The van der Waals surface area contributed by atoms with Crippen LogP contribution in [0.15, 0.2) is 30.5 Å². The maximum absolute atomic E-state index is 5.76. The second-order valence-electron chi connectivity index (χ2n) is 4.46. The van der Waals surface area contributed by atoms with Gasteiger partial charge in [-0.15, -0.1) is 0 Å². The number of nitrogens with zero attached hydrogens (tertiary/aromatic N) is 2. The van der Waals surface area contributed by atoms with Crippen LogP contribution in [-0.4, -0.2) is 22.6 Å². The number of benzene rings is 1. The second kappa shape index (κ2) is 6.31. The van der Waals surface area contributed by atoms with Crippen LogP contribution in [0, 0.1) is 0 Å². The zero-order valence-electron chi connectivity index (χ0n) is 10.8. The van der Waals surface area contributed by atoms with E-state index in [0.29, 0.717) is 6.54 Å². The highest BCUT2D eigenvalue weighted by atomic mass is 15.0. The molecule has 0 aliphatic carbocycles. The SMILES string of the molecule is CCCCC(CN)Nc1cnc2ccccc2n1. The first-order chi connectivity index (χ1) is 8.83. The highest BCUT2D eigenvalue weighted by Crippen LogP contribution is 2.13. The number of fused-ring (bicyclic) bond motifs is 1. The summed E-state index contributed by atoms with van der Waals surface area (Å²) in [5.41, 5.74) is 7.59. The molecule has 0 saturated carbocycles. The molecule has 3 N–H and O–H groups in total. The summed E-state index contributed by atoms with van der Waals surface area (Å²) in [5.74, 6) is 0.806. The Hall–Kier alpha value is -1.68. The molecular formula is C14H20N4. The lowest BCUT2D eigenvalue weighted by Gasteiger charge is -2.16. The number of anilines is 1. The molecule has 18 heavy (non-hydrogen) atoms. The lowest BCUT2D eigenvalue weighted by molar-refractivity contribution is 0.612. The van der Waals surface area contributed by atoms with Crippen molar-refractivity contribution in [1.82, 2.24) is 9.97 Å². The molecule has 4 nitrogen and oxygen atoms in total. The average Bonchev–Trinajstić information content (AvgIpc) is 2.43. The van der Waals surface area contributed by atoms with Crippen molar-refractivity contribution >= 4 is 16.9 Å². The van der Waals surface area contributed by atoms with Gasteiger partial charge in [-0.25, -0.2) is 4.98 Å². The molecule has 0 fully saturated rings. The molecule has 1 aromatic heterocycles. The Morgan fingerprint density at radius 2 is 2.06 bits per heavy atom. The Kier molecular flexibility index (Phi) is 4.47. The van der Waals surface area contributed by atoms with Crippen LogP contribution in [0.2, 0.25) is 0 Å². The van der Waals surface area contributed by atoms with E-state index in [9.17, 15) is 0 Å². The zero-order chi connectivity index (χ0) is 12.8. The van der Waals surface area contributed by atoms with Crippen LogP contribution in [0.3, 0.4) is 0 Å². The molecule has 96 valence electrons. The number of hydrogen-bond donors (Lipinski definition) is 2. The summed E-state index contributed by atoms with van der Waals surface area (Å²) < 4.78 is 0. The maximum Gasteiger partial charge on any atom is 0.145 e. The Balaban J connectivity index is 2.10. The van der Waals surface area contributed by atoms with Crippen LogP contribution in [0.1, 0.15) is 26.2 Å². The number of rotatable bonds is 6. The van der Waals surface area contributed by atoms with Crippen molar-refractivity contribution in [2.45, 2.75) is 32.2 Å². The smallest absolute Gasteiger partial charge is 0.145 e. The summed E-state index contributed by atoms with van der Waals surface area (Å²) in [6.07, 6.45) is 5.20. The maximum atomic E-state index is 5.76. The Morgan fingerprint density at radius 3 is 2.78 bits per heavy atom. The third kappa shape index (κ3) is 3.17. The minimum Gasteiger partial charge on any atom is -0.365 e. The summed E-state index contributed by atoms with van der Waals surface area (Å²) in [6.45, 7) is 2.80. The first-order valence-electron chi connectivity index (χ1n) is 6.52. The molecule has 1 atom stereocenters. The molecule has 0 spiro atoms. The predicted molar refractivity (Wildman–Crippen MR) is 75.5 cm³/mol. The van der Waals surface area contributed by atoms with E-state index >= 15 is 0 Å². The Morgan fingerprint density at radius 1 is 1.28 bits per heavy atom. The summed E-state index contributed by atoms with van der Waals surface area (Å²) in [6, 6.07) is 8.15. The fraction of sp³-hybridized carbons (Fsp3) is 0.429. The van der Waals surface area contributed by atoms with Gasteiger partial charge in [0.25, 0.3) is 0 Å². The molecule has 1 aromatic carbocycles. The van der Waals surface area contributed by atoms with E-state index in [1.54, 1.807) is 6.20 Å². The van der Waals surface area contributed by atoms with Crippen LogP contribution in [0.4, 0.5) is 5.82 Å². The van der Waals surface area contributed by atoms with Gasteiger partial charge in [0.15, 0.2) is 0 Å². The van der Waals surface area contributed by atoms with Gasteiger partial charge in [0.2, 0.25) is 0 Å². The van der Waals surface area contributed by atoms with Gasteiger partial charge in [0.05, 0.1) is 17.2 Å². The quantitative estimate of drug-likeness (QED) is 0.819. The van der Waals surface area contributed by atoms with Crippen molar-refractivity contribution in [2.75, 3.05) is 11.9 Å². The third-order valence-corrected chi connectivity index (χ3v) is 2.99. The minimum absolute atomic E-state index is 0.278. The summed E-state index contributed by atoms with van der Waals surface area (Å²) >= 11 is 0. The van der Waals surface area contributed by atoms with Gasteiger partial charge in [-0.2, -0.15) is 0 Å². The van der Waals surface area contributed by atoms with Crippen molar-refractivity contribution in [1.29, 1.82) is 0 Å². The minimum atomic E-state index is 0.278. The third-order valence-electron chi connectivity index (χ3n) is 2.99. The van der Waals surface area contributed by atoms with E-state index in [1.807, 2.05) is 24.3 Å². The topological polar surface area (TPSA) is 63.8 Å². The van der Waals surface area contributed by atoms with Crippen molar-refractivity contribution in [3.8, 4) is 0 Å². The molecule has 1 heterocycles. The molecule has 0 aliphatic rings. The van der Waals surface area contributed by atoms with Crippen LogP contribution in [0.5, 0.6) is 0 Å². The Labute approximate surface area is 108 Å². The molecule has 2 aromatic rings. The van der Waals surface area contributed by atoms with Crippen molar-refractivity contribution in [3.05, 3.63) is 30.5 Å². The number of para-hydroxylation sites is 2. The number of nitrogens with two attached hydrogens (primary N) is 1. The number of unbranched alkanes of at least 4 members (excludes halogenated alkanes) is 1. The lowest BCUT2D eigenvalue weighted by atomic mass is 10.1. The predicted octanol–water partition coefficient (Wildman–Crippen LogP) is 2.56. The molecule has 1 unspecified atom stereocenters. The molecule has 0 saturated heterocycles. The van der Waals surface area contributed by atoms with E-state index in [0.717, 1.165) is 23.3 Å². The van der Waals surface area contributed by atoms with Gasteiger partial charge < -0.3 is 11.1 Å². The van der Waals surface area contributed by atoms with E-state index in [4.69, 9.17) is 5.73 Å². The van der Waals surface area contributed by atoms with Crippen molar-refractivity contribution in [2.24, 2.45) is 5.73 Å². The highest BCUT2D eigenvalue weighted by Gasteiger charge is 2.07. The molecule has 0 amide bonds. The monoisotopic (exact) mass is 244 g/mol. The first-order valence-corrected chi connectivity index (χ1v) is 6.52. The van der Waals surface area contributed by atoms with Gasteiger partial charge in [0.1, 0.15) is 5.82 Å². The number of hydrogen-bond acceptors (Lipinski definition) is 4. The fourth-order valence-corrected chi connectivity index (χ4v) is 1.94. The van der Waals surface area contributed by atoms with Gasteiger partial charge in [-0.1, -0.05) is 31.9 Å².